The number of hydrogen-bond acceptors (Lipinski definition) is 4. The molecule has 0 saturated heterocycles. The lowest BCUT2D eigenvalue weighted by Gasteiger charge is -2.20. The van der Waals surface area contributed by atoms with Crippen molar-refractivity contribution in [2.45, 2.75) is 174 Å². The predicted molar refractivity (Wildman–Crippen MR) is 193 cm³/mol. The molecule has 3 aromatic heterocycles. The van der Waals surface area contributed by atoms with E-state index in [1.165, 1.54) is 73.1 Å². The fraction of sp³-hybridized carbons (Fsp3) is 0.650. The topological polar surface area (TPSA) is 51.6 Å². The van der Waals surface area contributed by atoms with E-state index in [1.54, 1.807) is 0 Å². The molecule has 0 amide bonds. The highest BCUT2D eigenvalue weighted by atomic mass is 14.9. The van der Waals surface area contributed by atoms with Crippen LogP contribution in [0, 0.1) is 55.4 Å². The Hall–Kier alpha value is -2.62. The van der Waals surface area contributed by atoms with Crippen LogP contribution in [-0.2, 0) is 0 Å². The summed E-state index contributed by atoms with van der Waals surface area (Å²) in [6.45, 7) is 43.8. The summed E-state index contributed by atoms with van der Waals surface area (Å²) in [6, 6.07) is 0. The number of aromatic nitrogens is 4. The Labute approximate surface area is 272 Å². The third-order valence-electron chi connectivity index (χ3n) is 8.72. The van der Waals surface area contributed by atoms with Gasteiger partial charge in [0.05, 0.1) is 0 Å². The van der Waals surface area contributed by atoms with Crippen LogP contribution in [0.2, 0.25) is 0 Å². The van der Waals surface area contributed by atoms with E-state index in [-0.39, 0.29) is 0 Å². The maximum Gasteiger partial charge on any atom is 0.125 e. The van der Waals surface area contributed by atoms with Crippen molar-refractivity contribution in [1.29, 1.82) is 0 Å². The summed E-state index contributed by atoms with van der Waals surface area (Å²) in [7, 11) is 0. The molecule has 0 spiro atoms. The van der Waals surface area contributed by atoms with Crippen molar-refractivity contribution in [3.05, 3.63) is 78.9 Å². The lowest BCUT2D eigenvalue weighted by molar-refractivity contribution is 0.735. The largest absolute Gasteiger partial charge is 0.257 e. The molecule has 0 unspecified atom stereocenters. The molecular weight excluding hydrogens is 536 g/mol. The molecule has 0 radical (unpaired) electrons. The van der Waals surface area contributed by atoms with Gasteiger partial charge in [0.1, 0.15) is 5.82 Å². The number of rotatable bonds is 6. The molecule has 0 aliphatic rings. The monoisotopic (exact) mass is 603 g/mol. The van der Waals surface area contributed by atoms with Crippen molar-refractivity contribution in [2.75, 3.05) is 0 Å². The first-order chi connectivity index (χ1) is 20.1. The maximum atomic E-state index is 4.71. The molecule has 44 heavy (non-hydrogen) atoms. The Morgan fingerprint density at radius 3 is 0.773 bits per heavy atom. The first-order valence-corrected chi connectivity index (χ1v) is 16.9. The Morgan fingerprint density at radius 2 is 0.545 bits per heavy atom. The summed E-state index contributed by atoms with van der Waals surface area (Å²) in [5.41, 5.74) is 17.1. The molecular formula is C40H66N4. The second-order valence-corrected chi connectivity index (χ2v) is 14.6. The average molecular weight is 603 g/mol. The maximum absolute atomic E-state index is 4.71. The molecule has 0 aliphatic heterocycles. The number of aryl methyl sites for hydroxylation is 3. The van der Waals surface area contributed by atoms with Gasteiger partial charge < -0.3 is 0 Å². The van der Waals surface area contributed by atoms with Gasteiger partial charge in [-0.25, -0.2) is 9.97 Å². The Kier molecular flexibility index (Phi) is 14.9. The highest BCUT2D eigenvalue weighted by Gasteiger charge is 2.18. The average Bonchev–Trinajstić information content (AvgIpc) is 2.89. The fourth-order valence-electron chi connectivity index (χ4n) is 6.58. The van der Waals surface area contributed by atoms with Crippen LogP contribution < -0.4 is 0 Å². The number of nitrogens with zero attached hydrogens (tertiary/aromatic N) is 4. The third-order valence-corrected chi connectivity index (χ3v) is 8.72. The summed E-state index contributed by atoms with van der Waals surface area (Å²) in [5, 5.41) is 0. The van der Waals surface area contributed by atoms with Gasteiger partial charge in [0, 0.05) is 34.2 Å². The standard InChI is InChI=1S/2C14H23N.C12H20N2/c2*1-8(2)13-10(5)12(7)15-14(9(3)4)11(13)6;1-7(2)11-9(5)12(8(3)4)14-10(6)13-11/h2*8-9H,1-7H3;7-8H,1-6H3. The second-order valence-electron chi connectivity index (χ2n) is 14.6. The molecule has 0 atom stereocenters. The lowest BCUT2D eigenvalue weighted by atomic mass is 9.89. The Morgan fingerprint density at radius 1 is 0.295 bits per heavy atom. The van der Waals surface area contributed by atoms with Crippen LogP contribution in [0.1, 0.15) is 198 Å². The third kappa shape index (κ3) is 9.69. The second kappa shape index (κ2) is 16.6. The zero-order valence-corrected chi connectivity index (χ0v) is 32.3. The summed E-state index contributed by atoms with van der Waals surface area (Å²) < 4.78 is 0. The van der Waals surface area contributed by atoms with Crippen LogP contribution in [0.15, 0.2) is 0 Å². The highest BCUT2D eigenvalue weighted by molar-refractivity contribution is 5.42. The SMILES string of the molecule is Cc1nc(C(C)C)c(C)c(C(C)C)c1C.Cc1nc(C(C)C)c(C)c(C(C)C)c1C.Cc1nc(C(C)C)c(C)c(C(C)C)n1. The van der Waals surface area contributed by atoms with Crippen molar-refractivity contribution >= 4 is 0 Å². The molecule has 3 aromatic rings. The molecule has 4 heteroatoms. The first-order valence-electron chi connectivity index (χ1n) is 16.9. The van der Waals surface area contributed by atoms with Gasteiger partial charge in [-0.2, -0.15) is 0 Å². The Balaban J connectivity index is 0.000000330. The summed E-state index contributed by atoms with van der Waals surface area (Å²) in [6.07, 6.45) is 0. The van der Waals surface area contributed by atoms with Gasteiger partial charge in [0.2, 0.25) is 0 Å². The minimum absolute atomic E-state index is 0.481. The van der Waals surface area contributed by atoms with E-state index in [9.17, 15) is 0 Å². The lowest BCUT2D eigenvalue weighted by Crippen LogP contribution is -2.07. The van der Waals surface area contributed by atoms with Crippen LogP contribution in [0.4, 0.5) is 0 Å². The molecule has 3 rings (SSSR count). The van der Waals surface area contributed by atoms with E-state index < -0.39 is 0 Å². The van der Waals surface area contributed by atoms with Crippen molar-refractivity contribution in [2.24, 2.45) is 0 Å². The van der Waals surface area contributed by atoms with Gasteiger partial charge in [-0.15, -0.1) is 0 Å². The van der Waals surface area contributed by atoms with Crippen LogP contribution in [0.25, 0.3) is 0 Å². The Bertz CT molecular complexity index is 1290. The first kappa shape index (κ1) is 39.4. The normalized spacial score (nSPS) is 11.5. The van der Waals surface area contributed by atoms with Crippen LogP contribution >= 0.6 is 0 Å². The van der Waals surface area contributed by atoms with Crippen molar-refractivity contribution < 1.29 is 0 Å². The predicted octanol–water partition coefficient (Wildman–Crippen LogP) is 11.8. The zero-order valence-electron chi connectivity index (χ0n) is 32.3. The van der Waals surface area contributed by atoms with E-state index in [2.05, 4.69) is 142 Å². The van der Waals surface area contributed by atoms with Crippen LogP contribution in [0.3, 0.4) is 0 Å². The molecule has 0 aromatic carbocycles. The molecule has 0 N–H and O–H groups in total. The molecule has 4 nitrogen and oxygen atoms in total. The molecule has 246 valence electrons. The van der Waals surface area contributed by atoms with Gasteiger partial charge in [-0.3, -0.25) is 9.97 Å². The molecule has 0 bridgehead atoms. The molecule has 3 heterocycles. The van der Waals surface area contributed by atoms with Gasteiger partial charge in [0.25, 0.3) is 0 Å². The van der Waals surface area contributed by atoms with Crippen LogP contribution in [0.5, 0.6) is 0 Å². The van der Waals surface area contributed by atoms with Gasteiger partial charge >= 0.3 is 0 Å². The quantitative estimate of drug-likeness (QED) is 0.281. The number of hydrogen-bond donors (Lipinski definition) is 0. The van der Waals surface area contributed by atoms with Gasteiger partial charge in [0.15, 0.2) is 0 Å². The summed E-state index contributed by atoms with van der Waals surface area (Å²) in [4.78, 5) is 18.4. The summed E-state index contributed by atoms with van der Waals surface area (Å²) >= 11 is 0. The fourth-order valence-corrected chi connectivity index (χ4v) is 6.58. The smallest absolute Gasteiger partial charge is 0.125 e. The van der Waals surface area contributed by atoms with E-state index in [1.807, 2.05) is 6.92 Å². The number of pyridine rings is 2. The van der Waals surface area contributed by atoms with Gasteiger partial charge in [-0.1, -0.05) is 83.1 Å². The van der Waals surface area contributed by atoms with Crippen molar-refractivity contribution in [1.82, 2.24) is 19.9 Å². The van der Waals surface area contributed by atoms with E-state index in [0.717, 1.165) is 5.82 Å². The minimum atomic E-state index is 0.481. The van der Waals surface area contributed by atoms with Gasteiger partial charge in [-0.05, 0) is 130 Å². The van der Waals surface area contributed by atoms with Crippen molar-refractivity contribution in [3.8, 4) is 0 Å². The molecule has 0 saturated carbocycles. The van der Waals surface area contributed by atoms with E-state index in [4.69, 9.17) is 9.97 Å². The van der Waals surface area contributed by atoms with E-state index in [0.29, 0.717) is 35.5 Å². The highest BCUT2D eigenvalue weighted by Crippen LogP contribution is 2.31. The summed E-state index contributed by atoms with van der Waals surface area (Å²) in [5.74, 6) is 4.06. The van der Waals surface area contributed by atoms with Crippen LogP contribution in [-0.4, -0.2) is 19.9 Å². The minimum Gasteiger partial charge on any atom is -0.257 e. The molecule has 0 fully saturated rings. The van der Waals surface area contributed by atoms with Crippen molar-refractivity contribution in [3.63, 3.8) is 0 Å². The molecule has 0 aliphatic carbocycles. The zero-order chi connectivity index (χ0) is 34.4. The van der Waals surface area contributed by atoms with E-state index >= 15 is 0 Å².